The van der Waals surface area contributed by atoms with Gasteiger partial charge in [-0.3, -0.25) is 0 Å². The van der Waals surface area contributed by atoms with Crippen molar-refractivity contribution in [2.75, 3.05) is 21.3 Å². The number of benzene rings is 5. The molecular formula is C54H58O4. The maximum Gasteiger partial charge on any atom is 0.178 e. The van der Waals surface area contributed by atoms with Gasteiger partial charge in [0.05, 0.1) is 21.3 Å². The fourth-order valence-corrected chi connectivity index (χ4v) is 14.9. The van der Waals surface area contributed by atoms with Gasteiger partial charge in [0.2, 0.25) is 0 Å². The van der Waals surface area contributed by atoms with Gasteiger partial charge in [0, 0.05) is 27.5 Å². The van der Waals surface area contributed by atoms with Crippen LogP contribution < -0.4 is 18.9 Å². The minimum absolute atomic E-state index is 0.145. The Hall–Kier alpha value is -4.70. The molecule has 0 aromatic heterocycles. The molecular weight excluding hydrogens is 713 g/mol. The van der Waals surface area contributed by atoms with Gasteiger partial charge in [-0.2, -0.15) is 0 Å². The molecule has 58 heavy (non-hydrogen) atoms. The summed E-state index contributed by atoms with van der Waals surface area (Å²) < 4.78 is 25.1. The van der Waals surface area contributed by atoms with Gasteiger partial charge >= 0.3 is 0 Å². The fraction of sp³-hybridized carbons (Fsp3) is 0.444. The Bertz CT molecular complexity index is 2400. The van der Waals surface area contributed by atoms with Gasteiger partial charge in [0.1, 0.15) is 23.0 Å². The Morgan fingerprint density at radius 2 is 1.14 bits per heavy atom. The zero-order valence-corrected chi connectivity index (χ0v) is 35.5. The second-order valence-corrected chi connectivity index (χ2v) is 20.9. The van der Waals surface area contributed by atoms with E-state index in [9.17, 15) is 0 Å². The van der Waals surface area contributed by atoms with Gasteiger partial charge in [-0.05, 0) is 174 Å². The van der Waals surface area contributed by atoms with Crippen molar-refractivity contribution < 1.29 is 18.9 Å². The van der Waals surface area contributed by atoms with Crippen LogP contribution >= 0.6 is 0 Å². The predicted molar refractivity (Wildman–Crippen MR) is 234 cm³/mol. The first kappa shape index (κ1) is 36.4. The first-order valence-corrected chi connectivity index (χ1v) is 21.9. The molecule has 0 saturated heterocycles. The summed E-state index contributed by atoms with van der Waals surface area (Å²) in [5.74, 6) is 6.04. The second kappa shape index (κ2) is 12.4. The number of fused-ring (bicyclic) bond motifs is 10. The zero-order valence-electron chi connectivity index (χ0n) is 35.5. The minimum Gasteiger partial charge on any atom is -0.497 e. The molecule has 4 nitrogen and oxygen atoms in total. The maximum absolute atomic E-state index is 7.82. The lowest BCUT2D eigenvalue weighted by molar-refractivity contribution is -0.00707. The van der Waals surface area contributed by atoms with E-state index in [0.29, 0.717) is 0 Å². The van der Waals surface area contributed by atoms with E-state index in [1.165, 1.54) is 72.6 Å². The van der Waals surface area contributed by atoms with Crippen LogP contribution in [0.15, 0.2) is 91.0 Å². The smallest absolute Gasteiger partial charge is 0.178 e. The fourth-order valence-electron chi connectivity index (χ4n) is 14.9. The van der Waals surface area contributed by atoms with E-state index in [1.54, 1.807) is 32.5 Å². The molecule has 5 aromatic carbocycles. The Balaban J connectivity index is 1.22. The molecule has 1 aliphatic heterocycles. The highest BCUT2D eigenvalue weighted by molar-refractivity contribution is 6.09. The highest BCUT2D eigenvalue weighted by Crippen LogP contribution is 2.70. The van der Waals surface area contributed by atoms with Gasteiger partial charge in [0.25, 0.3) is 0 Å². The van der Waals surface area contributed by atoms with Crippen LogP contribution in [0.2, 0.25) is 0 Å². The second-order valence-electron chi connectivity index (χ2n) is 20.9. The van der Waals surface area contributed by atoms with Gasteiger partial charge in [-0.1, -0.05) is 76.2 Å². The first-order valence-electron chi connectivity index (χ1n) is 21.9. The van der Waals surface area contributed by atoms with Crippen LogP contribution in [0.5, 0.6) is 23.0 Å². The van der Waals surface area contributed by atoms with E-state index in [0.717, 1.165) is 70.1 Å². The molecule has 0 N–H and O–H groups in total. The molecule has 0 radical (unpaired) electrons. The summed E-state index contributed by atoms with van der Waals surface area (Å²) in [7, 11) is 5.21. The minimum atomic E-state index is -0.899. The van der Waals surface area contributed by atoms with Crippen LogP contribution in [0.25, 0.3) is 28.0 Å². The Labute approximate surface area is 345 Å². The molecule has 298 valence electrons. The predicted octanol–water partition coefficient (Wildman–Crippen LogP) is 13.2. The molecule has 5 saturated carbocycles. The molecule has 6 aliphatic carbocycles. The van der Waals surface area contributed by atoms with Crippen LogP contribution in [0.4, 0.5) is 0 Å². The molecule has 5 fully saturated rings. The van der Waals surface area contributed by atoms with Crippen molar-refractivity contribution in [2.24, 2.45) is 28.6 Å². The molecule has 7 aliphatic rings. The van der Waals surface area contributed by atoms with Gasteiger partial charge in [0.15, 0.2) is 5.60 Å². The van der Waals surface area contributed by atoms with E-state index in [4.69, 9.17) is 18.9 Å². The average molecular weight is 771 g/mol. The van der Waals surface area contributed by atoms with Crippen molar-refractivity contribution >= 4 is 16.8 Å². The van der Waals surface area contributed by atoms with Gasteiger partial charge in [-0.15, -0.1) is 0 Å². The molecule has 4 bridgehead atoms. The number of ether oxygens (including phenoxy) is 4. The molecule has 1 spiro atoms. The Morgan fingerprint density at radius 1 is 0.586 bits per heavy atom. The quantitative estimate of drug-likeness (QED) is 0.172. The SMILES string of the molecule is COc1ccc(C2(c3ccc(OC)cc3)C=Cc3c4c(c5ccc(OC)cc5c3O2)-c2cccc(C35CC6CC(CC(C6)C3)C5)c2C42CC(C)(C)CC(C)(C)C2)cc1. The van der Waals surface area contributed by atoms with Crippen molar-refractivity contribution in [3.05, 3.63) is 124 Å². The Morgan fingerprint density at radius 3 is 1.69 bits per heavy atom. The monoisotopic (exact) mass is 770 g/mol. The summed E-state index contributed by atoms with van der Waals surface area (Å²) >= 11 is 0. The van der Waals surface area contributed by atoms with Crippen LogP contribution in [0, 0.1) is 28.6 Å². The molecule has 4 heteroatoms. The lowest BCUT2D eigenvalue weighted by atomic mass is 9.45. The summed E-state index contributed by atoms with van der Waals surface area (Å²) in [5.41, 5.74) is 10.5. The van der Waals surface area contributed by atoms with Gasteiger partial charge < -0.3 is 18.9 Å². The summed E-state index contributed by atoms with van der Waals surface area (Å²) in [4.78, 5) is 0. The third-order valence-corrected chi connectivity index (χ3v) is 15.7. The topological polar surface area (TPSA) is 36.9 Å². The van der Waals surface area contributed by atoms with Crippen molar-refractivity contribution in [2.45, 2.75) is 102 Å². The molecule has 0 atom stereocenters. The van der Waals surface area contributed by atoms with Crippen molar-refractivity contribution in [1.82, 2.24) is 0 Å². The van der Waals surface area contributed by atoms with Crippen LogP contribution in [-0.4, -0.2) is 21.3 Å². The summed E-state index contributed by atoms with van der Waals surface area (Å²) in [6, 6.07) is 31.0. The summed E-state index contributed by atoms with van der Waals surface area (Å²) in [6.45, 7) is 10.2. The van der Waals surface area contributed by atoms with Crippen LogP contribution in [0.3, 0.4) is 0 Å². The number of rotatable bonds is 6. The van der Waals surface area contributed by atoms with Crippen LogP contribution in [-0.2, 0) is 16.4 Å². The molecule has 5 aromatic rings. The molecule has 1 heterocycles. The maximum atomic E-state index is 7.82. The van der Waals surface area contributed by atoms with Crippen LogP contribution in [0.1, 0.15) is 119 Å². The third kappa shape index (κ3) is 5.18. The first-order chi connectivity index (χ1) is 27.9. The molecule has 12 rings (SSSR count). The van der Waals surface area contributed by atoms with Crippen molar-refractivity contribution in [3.63, 3.8) is 0 Å². The summed E-state index contributed by atoms with van der Waals surface area (Å²) in [6.07, 6.45) is 16.7. The Kier molecular flexibility index (Phi) is 7.79. The molecule has 0 amide bonds. The largest absolute Gasteiger partial charge is 0.497 e. The van der Waals surface area contributed by atoms with Crippen molar-refractivity contribution in [1.29, 1.82) is 0 Å². The highest BCUT2D eigenvalue weighted by Gasteiger charge is 2.59. The highest BCUT2D eigenvalue weighted by atomic mass is 16.5. The normalized spacial score (nSPS) is 27.1. The van der Waals surface area contributed by atoms with Crippen molar-refractivity contribution in [3.8, 4) is 34.1 Å². The van der Waals surface area contributed by atoms with E-state index in [2.05, 4.69) is 101 Å². The summed E-state index contributed by atoms with van der Waals surface area (Å²) in [5, 5.41) is 2.35. The lowest BCUT2D eigenvalue weighted by Crippen LogP contribution is -2.50. The van der Waals surface area contributed by atoms with Gasteiger partial charge in [-0.25, -0.2) is 0 Å². The molecule has 0 unspecified atom stereocenters. The lowest BCUT2D eigenvalue weighted by Gasteiger charge is -2.59. The average Bonchev–Trinajstić information content (AvgIpc) is 3.47. The number of hydrogen-bond donors (Lipinski definition) is 0. The standard InChI is InChI=1S/C54H58O4/c1-50(2)30-51(3,4)32-53(31-50)47-42(9-8-10-45(47)52-27-33-23-34(28-52)25-35(24-33)29-52)46-41-20-19-40(57-7)26-44(41)49-43(48(46)53)21-22-54(58-49,36-11-15-38(55-5)16-12-36)37-13-17-39(56-6)18-14-37/h8-22,26,33-35H,23-25,27-32H2,1-7H3. The number of methoxy groups -OCH3 is 3. The van der Waals surface area contributed by atoms with E-state index >= 15 is 0 Å². The van der Waals surface area contributed by atoms with E-state index < -0.39 is 5.60 Å². The third-order valence-electron chi connectivity index (χ3n) is 15.7. The van der Waals surface area contributed by atoms with E-state index in [1.807, 2.05) is 24.3 Å². The van der Waals surface area contributed by atoms with E-state index in [-0.39, 0.29) is 21.7 Å². The number of hydrogen-bond acceptors (Lipinski definition) is 4. The zero-order chi connectivity index (χ0) is 39.8.